The third-order valence-electron chi connectivity index (χ3n) is 4.88. The highest BCUT2D eigenvalue weighted by Gasteiger charge is 2.27. The molecular weight excluding hydrogens is 246 g/mol. The normalized spacial score (nSPS) is 22.3. The first-order valence-corrected chi connectivity index (χ1v) is 7.70. The van der Waals surface area contributed by atoms with Gasteiger partial charge in [0, 0.05) is 30.3 Å². The molecule has 2 heterocycles. The van der Waals surface area contributed by atoms with Crippen molar-refractivity contribution in [3.05, 3.63) is 53.6 Å². The molecule has 1 fully saturated rings. The molecule has 1 aromatic carbocycles. The van der Waals surface area contributed by atoms with Gasteiger partial charge in [-0.05, 0) is 43.5 Å². The first-order chi connectivity index (χ1) is 9.92. The van der Waals surface area contributed by atoms with Gasteiger partial charge < -0.3 is 9.88 Å². The Kier molecular flexibility index (Phi) is 3.07. The first-order valence-electron chi connectivity index (χ1n) is 7.70. The average molecular weight is 267 g/mol. The van der Waals surface area contributed by atoms with Crippen molar-refractivity contribution in [2.75, 3.05) is 13.1 Å². The van der Waals surface area contributed by atoms with Crippen LogP contribution in [-0.2, 0) is 13.0 Å². The number of hydrogen-bond acceptors (Lipinski definition) is 2. The SMILES string of the molecule is c1ccc2c(c1)CC2Cn1cncc1C1CCNCC1. The Morgan fingerprint density at radius 3 is 2.90 bits per heavy atom. The molecular formula is C17H21N3. The lowest BCUT2D eigenvalue weighted by atomic mass is 9.77. The van der Waals surface area contributed by atoms with E-state index in [1.165, 1.54) is 36.1 Å². The highest BCUT2D eigenvalue weighted by Crippen LogP contribution is 2.37. The van der Waals surface area contributed by atoms with E-state index < -0.39 is 0 Å². The molecule has 2 aromatic rings. The molecule has 104 valence electrons. The van der Waals surface area contributed by atoms with Crippen LogP contribution in [0.2, 0.25) is 0 Å². The summed E-state index contributed by atoms with van der Waals surface area (Å²) in [6.07, 6.45) is 7.82. The zero-order valence-corrected chi connectivity index (χ0v) is 11.8. The van der Waals surface area contributed by atoms with E-state index in [1.807, 2.05) is 6.33 Å². The summed E-state index contributed by atoms with van der Waals surface area (Å²) >= 11 is 0. The molecule has 0 radical (unpaired) electrons. The number of aromatic nitrogens is 2. The van der Waals surface area contributed by atoms with Crippen LogP contribution >= 0.6 is 0 Å². The number of benzene rings is 1. The minimum Gasteiger partial charge on any atom is -0.334 e. The second-order valence-corrected chi connectivity index (χ2v) is 6.10. The van der Waals surface area contributed by atoms with Gasteiger partial charge in [-0.15, -0.1) is 0 Å². The predicted octanol–water partition coefficient (Wildman–Crippen LogP) is 2.69. The van der Waals surface area contributed by atoms with Gasteiger partial charge in [0.05, 0.1) is 6.33 Å². The maximum absolute atomic E-state index is 4.41. The summed E-state index contributed by atoms with van der Waals surface area (Å²) in [6.45, 7) is 3.38. The maximum atomic E-state index is 4.41. The molecule has 1 unspecified atom stereocenters. The molecule has 1 aromatic heterocycles. The summed E-state index contributed by atoms with van der Waals surface area (Å²) in [6, 6.07) is 8.84. The minimum absolute atomic E-state index is 0.681. The van der Waals surface area contributed by atoms with Crippen molar-refractivity contribution in [1.29, 1.82) is 0 Å². The highest BCUT2D eigenvalue weighted by atomic mass is 15.1. The van der Waals surface area contributed by atoms with Crippen LogP contribution in [0.1, 0.15) is 41.5 Å². The van der Waals surface area contributed by atoms with Crippen molar-refractivity contribution in [1.82, 2.24) is 14.9 Å². The van der Waals surface area contributed by atoms with Gasteiger partial charge in [0.1, 0.15) is 0 Å². The summed E-state index contributed by atoms with van der Waals surface area (Å²) < 4.78 is 2.40. The van der Waals surface area contributed by atoms with Crippen molar-refractivity contribution < 1.29 is 0 Å². The van der Waals surface area contributed by atoms with E-state index in [0.29, 0.717) is 11.8 Å². The number of piperidine rings is 1. The first kappa shape index (κ1) is 12.2. The van der Waals surface area contributed by atoms with E-state index in [9.17, 15) is 0 Å². The third-order valence-corrected chi connectivity index (χ3v) is 4.88. The quantitative estimate of drug-likeness (QED) is 0.926. The fourth-order valence-corrected chi connectivity index (χ4v) is 3.70. The van der Waals surface area contributed by atoms with E-state index in [1.54, 1.807) is 0 Å². The lowest BCUT2D eigenvalue weighted by Crippen LogP contribution is -2.28. The number of nitrogens with zero attached hydrogens (tertiary/aromatic N) is 2. The maximum Gasteiger partial charge on any atom is 0.0948 e. The third kappa shape index (κ3) is 2.06. The predicted molar refractivity (Wildman–Crippen MR) is 80.0 cm³/mol. The summed E-state index contributed by atoms with van der Waals surface area (Å²) in [4.78, 5) is 4.41. The Morgan fingerprint density at radius 1 is 1.20 bits per heavy atom. The van der Waals surface area contributed by atoms with Crippen LogP contribution in [0.5, 0.6) is 0 Å². The van der Waals surface area contributed by atoms with Crippen LogP contribution in [0.4, 0.5) is 0 Å². The Balaban J connectivity index is 1.52. The second kappa shape index (κ2) is 5.06. The fourth-order valence-electron chi connectivity index (χ4n) is 3.70. The van der Waals surface area contributed by atoms with Gasteiger partial charge in [0.25, 0.3) is 0 Å². The number of fused-ring (bicyclic) bond motifs is 1. The molecule has 0 amide bonds. The van der Waals surface area contributed by atoms with Crippen molar-refractivity contribution in [2.45, 2.75) is 37.6 Å². The molecule has 1 aliphatic heterocycles. The van der Waals surface area contributed by atoms with Crippen LogP contribution in [0.25, 0.3) is 0 Å². The Labute approximate surface area is 120 Å². The van der Waals surface area contributed by atoms with Gasteiger partial charge in [0.15, 0.2) is 0 Å². The zero-order chi connectivity index (χ0) is 13.4. The minimum atomic E-state index is 0.681. The Bertz CT molecular complexity index is 596. The van der Waals surface area contributed by atoms with E-state index in [0.717, 1.165) is 19.6 Å². The van der Waals surface area contributed by atoms with E-state index in [4.69, 9.17) is 0 Å². The van der Waals surface area contributed by atoms with E-state index in [2.05, 4.69) is 45.3 Å². The molecule has 2 aliphatic rings. The molecule has 0 spiro atoms. The molecule has 3 heteroatoms. The molecule has 1 saturated heterocycles. The van der Waals surface area contributed by atoms with Crippen LogP contribution in [0.15, 0.2) is 36.8 Å². The van der Waals surface area contributed by atoms with Gasteiger partial charge in [-0.1, -0.05) is 24.3 Å². The molecule has 1 atom stereocenters. The van der Waals surface area contributed by atoms with Crippen molar-refractivity contribution >= 4 is 0 Å². The Morgan fingerprint density at radius 2 is 2.05 bits per heavy atom. The van der Waals surface area contributed by atoms with Crippen LogP contribution in [-0.4, -0.2) is 22.6 Å². The molecule has 1 aliphatic carbocycles. The monoisotopic (exact) mass is 267 g/mol. The lowest BCUT2D eigenvalue weighted by molar-refractivity contribution is 0.423. The fraction of sp³-hybridized carbons (Fsp3) is 0.471. The summed E-state index contributed by atoms with van der Waals surface area (Å²) in [5.74, 6) is 1.37. The summed E-state index contributed by atoms with van der Waals surface area (Å²) in [7, 11) is 0. The second-order valence-electron chi connectivity index (χ2n) is 6.10. The van der Waals surface area contributed by atoms with Crippen LogP contribution in [0, 0.1) is 0 Å². The van der Waals surface area contributed by atoms with E-state index in [-0.39, 0.29) is 0 Å². The Hall–Kier alpha value is -1.61. The number of nitrogens with one attached hydrogen (secondary N) is 1. The number of imidazole rings is 1. The molecule has 20 heavy (non-hydrogen) atoms. The van der Waals surface area contributed by atoms with E-state index >= 15 is 0 Å². The zero-order valence-electron chi connectivity index (χ0n) is 11.8. The van der Waals surface area contributed by atoms with Gasteiger partial charge in [-0.3, -0.25) is 0 Å². The van der Waals surface area contributed by atoms with Crippen molar-refractivity contribution in [3.63, 3.8) is 0 Å². The number of hydrogen-bond donors (Lipinski definition) is 1. The highest BCUT2D eigenvalue weighted by molar-refractivity contribution is 5.39. The van der Waals surface area contributed by atoms with Crippen LogP contribution < -0.4 is 5.32 Å². The molecule has 0 bridgehead atoms. The molecule has 4 rings (SSSR count). The van der Waals surface area contributed by atoms with Crippen molar-refractivity contribution in [2.24, 2.45) is 0 Å². The largest absolute Gasteiger partial charge is 0.334 e. The standard InChI is InChI=1S/C17H21N3/c1-2-4-16-14(3-1)9-15(16)11-20-12-19-10-17(20)13-5-7-18-8-6-13/h1-4,10,12-13,15,18H,5-9,11H2. The topological polar surface area (TPSA) is 29.9 Å². The van der Waals surface area contributed by atoms with Crippen molar-refractivity contribution in [3.8, 4) is 0 Å². The van der Waals surface area contributed by atoms with Crippen LogP contribution in [0.3, 0.4) is 0 Å². The number of rotatable bonds is 3. The summed E-state index contributed by atoms with van der Waals surface area (Å²) in [5, 5.41) is 3.44. The lowest BCUT2D eigenvalue weighted by Gasteiger charge is -2.32. The molecule has 1 N–H and O–H groups in total. The molecule has 0 saturated carbocycles. The summed E-state index contributed by atoms with van der Waals surface area (Å²) in [5.41, 5.74) is 4.51. The molecule has 3 nitrogen and oxygen atoms in total. The van der Waals surface area contributed by atoms with Gasteiger partial charge in [-0.2, -0.15) is 0 Å². The smallest absolute Gasteiger partial charge is 0.0948 e. The average Bonchev–Trinajstić information content (AvgIpc) is 2.94. The van der Waals surface area contributed by atoms with Gasteiger partial charge in [-0.25, -0.2) is 4.98 Å². The van der Waals surface area contributed by atoms with Gasteiger partial charge >= 0.3 is 0 Å². The van der Waals surface area contributed by atoms with Gasteiger partial charge in [0.2, 0.25) is 0 Å².